The van der Waals surface area contributed by atoms with Crippen LogP contribution in [-0.2, 0) is 20.7 Å². The molecule has 2 atom stereocenters. The molecule has 1 saturated heterocycles. The number of oxime groups is 1. The Morgan fingerprint density at radius 3 is 2.59 bits per heavy atom. The number of esters is 1. The van der Waals surface area contributed by atoms with Crippen molar-refractivity contribution < 1.29 is 29.0 Å². The second kappa shape index (κ2) is 12.8. The van der Waals surface area contributed by atoms with E-state index >= 15 is 0 Å². The molecule has 0 aromatic heterocycles. The van der Waals surface area contributed by atoms with E-state index in [-0.39, 0.29) is 18.8 Å². The number of benzene rings is 3. The predicted molar refractivity (Wildman–Crippen MR) is 159 cm³/mol. The summed E-state index contributed by atoms with van der Waals surface area (Å²) < 4.78 is 17.1. The minimum atomic E-state index is -0.637. The molecule has 1 fully saturated rings. The second-order valence-corrected chi connectivity index (χ2v) is 11.1. The lowest BCUT2D eigenvalue weighted by Crippen LogP contribution is -2.36. The van der Waals surface area contributed by atoms with Crippen molar-refractivity contribution in [1.29, 1.82) is 0 Å². The molecule has 0 bridgehead atoms. The van der Waals surface area contributed by atoms with E-state index in [0.29, 0.717) is 42.9 Å². The highest BCUT2D eigenvalue weighted by Gasteiger charge is 2.31. The molecule has 1 unspecified atom stereocenters. The van der Waals surface area contributed by atoms with Gasteiger partial charge in [-0.05, 0) is 73.4 Å². The first-order valence-corrected chi connectivity index (χ1v) is 13.6. The molecule has 9 heteroatoms. The number of likely N-dealkylation sites (tertiary alicyclic amines) is 1. The zero-order valence-electron chi connectivity index (χ0n) is 23.7. The molecule has 3 N–H and O–H groups in total. The Hall–Kier alpha value is -4.53. The summed E-state index contributed by atoms with van der Waals surface area (Å²) in [6, 6.07) is 16.7. The number of rotatable bonds is 9. The highest BCUT2D eigenvalue weighted by molar-refractivity contribution is 6.02. The molecule has 0 spiro atoms. The lowest BCUT2D eigenvalue weighted by atomic mass is 9.88. The average molecular weight is 560 g/mol. The van der Waals surface area contributed by atoms with Crippen LogP contribution in [0.2, 0.25) is 0 Å². The molecule has 216 valence electrons. The molecule has 0 saturated carbocycles. The number of hydrogen-bond acceptors (Lipinski definition) is 8. The number of carbonyl (C=O) groups excluding carboxylic acids is 2. The summed E-state index contributed by atoms with van der Waals surface area (Å²) in [6.45, 7) is 10.3. The van der Waals surface area contributed by atoms with E-state index in [1.807, 2.05) is 75.4 Å². The molecule has 1 aliphatic rings. The fourth-order valence-electron chi connectivity index (χ4n) is 4.88. The maximum atomic E-state index is 13.2. The first-order valence-electron chi connectivity index (χ1n) is 13.6. The lowest BCUT2D eigenvalue weighted by Gasteiger charge is -2.24. The van der Waals surface area contributed by atoms with Gasteiger partial charge in [-0.15, -0.1) is 0 Å². The predicted octanol–water partition coefficient (Wildman–Crippen LogP) is 5.67. The molecule has 0 aliphatic carbocycles. The number of nitrogen functional groups attached to an aromatic ring is 1. The standard InChI is InChI=1S/C32H37N3O6/c1-5-16-39-30(36)28(17-23-7-6-21-8-11-24(33)18-27(21)29(23)19-34-38)22-9-12-25(13-10-22)40-26-14-15-35(20-26)31(37)41-32(2,3)4/h5-13,18-19,26,28,38H,1,14-17,20,33H2,2-4H3/t26-,28?/m0/s1. The minimum absolute atomic E-state index is 0.0889. The number of carbonyl (C=O) groups is 2. The Kier molecular flexibility index (Phi) is 9.17. The summed E-state index contributed by atoms with van der Waals surface area (Å²) in [7, 11) is 0. The number of ether oxygens (including phenoxy) is 3. The highest BCUT2D eigenvalue weighted by Crippen LogP contribution is 2.30. The van der Waals surface area contributed by atoms with E-state index < -0.39 is 17.5 Å². The van der Waals surface area contributed by atoms with E-state index in [4.69, 9.17) is 19.9 Å². The Labute approximate surface area is 240 Å². The van der Waals surface area contributed by atoms with Crippen LogP contribution in [0.25, 0.3) is 10.8 Å². The van der Waals surface area contributed by atoms with Crippen LogP contribution in [-0.4, -0.2) is 59.8 Å². The van der Waals surface area contributed by atoms with E-state index in [9.17, 15) is 14.8 Å². The summed E-state index contributed by atoms with van der Waals surface area (Å²) in [4.78, 5) is 27.2. The molecular weight excluding hydrogens is 522 g/mol. The van der Waals surface area contributed by atoms with Crippen LogP contribution in [0.5, 0.6) is 5.75 Å². The first-order chi connectivity index (χ1) is 19.6. The summed E-state index contributed by atoms with van der Waals surface area (Å²) >= 11 is 0. The van der Waals surface area contributed by atoms with Crippen molar-refractivity contribution in [1.82, 2.24) is 4.90 Å². The third-order valence-corrected chi connectivity index (χ3v) is 6.80. The van der Waals surface area contributed by atoms with Gasteiger partial charge in [0.15, 0.2) is 0 Å². The van der Waals surface area contributed by atoms with Gasteiger partial charge < -0.3 is 30.1 Å². The Morgan fingerprint density at radius 2 is 1.90 bits per heavy atom. The van der Waals surface area contributed by atoms with Gasteiger partial charge in [-0.25, -0.2) is 4.79 Å². The number of fused-ring (bicyclic) bond motifs is 1. The van der Waals surface area contributed by atoms with E-state index in [1.165, 1.54) is 12.3 Å². The molecular formula is C32H37N3O6. The topological polar surface area (TPSA) is 124 Å². The molecule has 41 heavy (non-hydrogen) atoms. The Balaban J connectivity index is 1.54. The number of nitrogens with zero attached hydrogens (tertiary/aromatic N) is 2. The monoisotopic (exact) mass is 559 g/mol. The van der Waals surface area contributed by atoms with Crippen LogP contribution < -0.4 is 10.5 Å². The van der Waals surface area contributed by atoms with Gasteiger partial charge in [0, 0.05) is 24.2 Å². The molecule has 3 aromatic rings. The maximum Gasteiger partial charge on any atom is 0.410 e. The normalized spacial score (nSPS) is 16.1. The van der Waals surface area contributed by atoms with Gasteiger partial charge in [-0.3, -0.25) is 4.79 Å². The quantitative estimate of drug-likeness (QED) is 0.0864. The third kappa shape index (κ3) is 7.57. The lowest BCUT2D eigenvalue weighted by molar-refractivity contribution is -0.144. The fourth-order valence-corrected chi connectivity index (χ4v) is 4.88. The summed E-state index contributed by atoms with van der Waals surface area (Å²) in [5, 5.41) is 14.4. The molecule has 3 aromatic carbocycles. The summed E-state index contributed by atoms with van der Waals surface area (Å²) in [6.07, 6.45) is 3.38. The number of hydrogen-bond donors (Lipinski definition) is 2. The SMILES string of the molecule is C=CCOC(=O)C(Cc1ccc2ccc(N)cc2c1C=NO)c1ccc(O[C@H]2CCN(C(=O)OC(C)(C)C)C2)cc1. The van der Waals surface area contributed by atoms with E-state index in [0.717, 1.165) is 21.9 Å². The van der Waals surface area contributed by atoms with Crippen molar-refractivity contribution in [3.05, 3.63) is 83.9 Å². The van der Waals surface area contributed by atoms with Gasteiger partial charge in [0.05, 0.1) is 18.7 Å². The van der Waals surface area contributed by atoms with Crippen LogP contribution in [0.1, 0.15) is 49.8 Å². The van der Waals surface area contributed by atoms with E-state index in [2.05, 4.69) is 11.7 Å². The van der Waals surface area contributed by atoms with Gasteiger partial charge in [0.1, 0.15) is 24.1 Å². The number of amides is 1. The van der Waals surface area contributed by atoms with E-state index in [1.54, 1.807) is 4.90 Å². The van der Waals surface area contributed by atoms with Crippen LogP contribution in [0, 0.1) is 0 Å². The smallest absolute Gasteiger partial charge is 0.410 e. The average Bonchev–Trinajstić information content (AvgIpc) is 3.40. The van der Waals surface area contributed by atoms with Gasteiger partial charge >= 0.3 is 12.1 Å². The van der Waals surface area contributed by atoms with Crippen molar-refractivity contribution >= 4 is 34.7 Å². The number of nitrogens with two attached hydrogens (primary N) is 1. The zero-order valence-corrected chi connectivity index (χ0v) is 23.7. The van der Waals surface area contributed by atoms with Gasteiger partial charge in [0.2, 0.25) is 0 Å². The minimum Gasteiger partial charge on any atom is -0.489 e. The van der Waals surface area contributed by atoms with Crippen molar-refractivity contribution in [2.45, 2.75) is 51.2 Å². The van der Waals surface area contributed by atoms with Crippen LogP contribution in [0.4, 0.5) is 10.5 Å². The second-order valence-electron chi connectivity index (χ2n) is 11.1. The van der Waals surface area contributed by atoms with Gasteiger partial charge in [-0.1, -0.05) is 48.1 Å². The van der Waals surface area contributed by atoms with Crippen molar-refractivity contribution in [3.8, 4) is 5.75 Å². The molecule has 1 heterocycles. The van der Waals surface area contributed by atoms with Crippen molar-refractivity contribution in [2.75, 3.05) is 25.4 Å². The van der Waals surface area contributed by atoms with Crippen LogP contribution >= 0.6 is 0 Å². The molecule has 1 amide bonds. The maximum absolute atomic E-state index is 13.2. The van der Waals surface area contributed by atoms with Gasteiger partial charge in [0.25, 0.3) is 0 Å². The van der Waals surface area contributed by atoms with Crippen LogP contribution in [0.3, 0.4) is 0 Å². The van der Waals surface area contributed by atoms with Gasteiger partial charge in [-0.2, -0.15) is 0 Å². The first kappa shape index (κ1) is 29.5. The van der Waals surface area contributed by atoms with Crippen molar-refractivity contribution in [3.63, 3.8) is 0 Å². The largest absolute Gasteiger partial charge is 0.489 e. The molecule has 1 aliphatic heterocycles. The molecule has 0 radical (unpaired) electrons. The fraction of sp³-hybridized carbons (Fsp3) is 0.344. The van der Waals surface area contributed by atoms with Crippen molar-refractivity contribution in [2.24, 2.45) is 5.16 Å². The van der Waals surface area contributed by atoms with Crippen LogP contribution in [0.15, 0.2) is 72.4 Å². The molecule has 9 nitrogen and oxygen atoms in total. The zero-order chi connectivity index (χ0) is 29.6. The summed E-state index contributed by atoms with van der Waals surface area (Å²) in [5.41, 5.74) is 8.27. The summed E-state index contributed by atoms with van der Waals surface area (Å²) in [5.74, 6) is -0.401. The Morgan fingerprint density at radius 1 is 1.17 bits per heavy atom. The Bertz CT molecular complexity index is 1430. The highest BCUT2D eigenvalue weighted by atomic mass is 16.6. The number of anilines is 1. The third-order valence-electron chi connectivity index (χ3n) is 6.80. The molecule has 4 rings (SSSR count).